The molecule has 0 bridgehead atoms. The van der Waals surface area contributed by atoms with Crippen LogP contribution in [0.5, 0.6) is 17.4 Å². The van der Waals surface area contributed by atoms with E-state index in [0.29, 0.717) is 81.0 Å². The highest BCUT2D eigenvalue weighted by molar-refractivity contribution is 7.90. The fourth-order valence-corrected chi connectivity index (χ4v) is 11.8. The Morgan fingerprint density at radius 2 is 1.88 bits per heavy atom. The number of hydrogen-bond donors (Lipinski definition) is 4. The zero-order valence-electron chi connectivity index (χ0n) is 41.7. The minimum atomic E-state index is -4.70. The number of carbonyl (C=O) groups excluding carboxylic acids is 1. The van der Waals surface area contributed by atoms with Crippen molar-refractivity contribution in [1.29, 1.82) is 0 Å². The number of amides is 1. The number of H-pyrrole nitrogens is 1. The number of aromatic nitrogens is 3. The van der Waals surface area contributed by atoms with E-state index in [1.54, 1.807) is 31.3 Å². The number of aliphatic hydroxyl groups is 1. The van der Waals surface area contributed by atoms with Crippen LogP contribution < -0.4 is 24.4 Å². The van der Waals surface area contributed by atoms with Gasteiger partial charge in [0.25, 0.3) is 21.8 Å². The average molecular weight is 1010 g/mol. The smallest absolute Gasteiger partial charge is 0.312 e. The van der Waals surface area contributed by atoms with Crippen molar-refractivity contribution in [3.05, 3.63) is 99.9 Å². The number of aromatic amines is 1. The average Bonchev–Trinajstić information content (AvgIpc) is 4.05. The van der Waals surface area contributed by atoms with Crippen LogP contribution in [0.2, 0.25) is 0 Å². The molecule has 6 heterocycles. The van der Waals surface area contributed by atoms with Crippen molar-refractivity contribution in [2.45, 2.75) is 120 Å². The first-order valence-electron chi connectivity index (χ1n) is 25.5. The number of fused-ring (bicyclic) bond motifs is 1. The van der Waals surface area contributed by atoms with Crippen LogP contribution >= 0.6 is 0 Å². The Bertz CT molecular complexity index is 2830. The van der Waals surface area contributed by atoms with E-state index < -0.39 is 37.0 Å². The molecule has 3 aliphatic heterocycles. The summed E-state index contributed by atoms with van der Waals surface area (Å²) in [7, 11) is -4.70. The van der Waals surface area contributed by atoms with Crippen molar-refractivity contribution in [3.63, 3.8) is 0 Å². The number of nitrogens with zero attached hydrogens (tertiary/aromatic N) is 5. The molecule has 3 saturated heterocycles. The Morgan fingerprint density at radius 3 is 2.62 bits per heavy atom. The third kappa shape index (κ3) is 11.5. The summed E-state index contributed by atoms with van der Waals surface area (Å²) in [6, 6.07) is 19.0. The summed E-state index contributed by atoms with van der Waals surface area (Å²) >= 11 is 0. The van der Waals surface area contributed by atoms with Gasteiger partial charge in [0.2, 0.25) is 5.82 Å². The van der Waals surface area contributed by atoms with Crippen LogP contribution in [0.3, 0.4) is 0 Å². The normalized spacial score (nSPS) is 21.1. The van der Waals surface area contributed by atoms with Gasteiger partial charge in [0, 0.05) is 68.2 Å². The molecule has 2 aromatic carbocycles. The molecule has 19 heteroatoms. The molecule has 18 nitrogen and oxygen atoms in total. The molecular formula is C53H68N8O10S. The number of benzene rings is 2. The Hall–Kier alpha value is -5.86. The van der Waals surface area contributed by atoms with Crippen molar-refractivity contribution in [1.82, 2.24) is 24.6 Å². The second-order valence-electron chi connectivity index (χ2n) is 20.6. The number of unbranched alkanes of at least 4 members (excludes halogenated alkanes) is 1. The molecule has 5 aromatic rings. The number of likely N-dealkylation sites (tertiary alicyclic amines) is 1. The molecule has 9 rings (SSSR count). The molecule has 0 radical (unpaired) electrons. The van der Waals surface area contributed by atoms with Gasteiger partial charge in [0.15, 0.2) is 5.75 Å². The third-order valence-electron chi connectivity index (χ3n) is 15.2. The molecule has 4 aliphatic rings. The first-order valence-corrected chi connectivity index (χ1v) is 27.0. The third-order valence-corrected chi connectivity index (χ3v) is 16.5. The van der Waals surface area contributed by atoms with Crippen LogP contribution in [0.1, 0.15) is 119 Å². The number of nitro groups is 1. The Morgan fingerprint density at radius 1 is 1.07 bits per heavy atom. The Kier molecular flexibility index (Phi) is 15.4. The Labute approximate surface area is 421 Å². The highest BCUT2D eigenvalue weighted by Gasteiger charge is 2.49. The summed E-state index contributed by atoms with van der Waals surface area (Å²) in [5.74, 6) is 0.243. The fourth-order valence-electron chi connectivity index (χ4n) is 10.9. The van der Waals surface area contributed by atoms with Crippen molar-refractivity contribution < 1.29 is 42.2 Å². The van der Waals surface area contributed by atoms with E-state index in [9.17, 15) is 28.4 Å². The predicted octanol–water partition coefficient (Wildman–Crippen LogP) is 8.68. The van der Waals surface area contributed by atoms with Crippen LogP contribution in [-0.4, -0.2) is 121 Å². The van der Waals surface area contributed by atoms with Crippen LogP contribution in [0.15, 0.2) is 78.0 Å². The molecule has 3 aromatic heterocycles. The van der Waals surface area contributed by atoms with Gasteiger partial charge in [-0.3, -0.25) is 19.8 Å². The number of anilines is 2. The van der Waals surface area contributed by atoms with Crippen molar-refractivity contribution in [3.8, 4) is 17.4 Å². The molecule has 1 saturated carbocycles. The quantitative estimate of drug-likeness (QED) is 0.0325. The van der Waals surface area contributed by atoms with E-state index in [0.717, 1.165) is 57.0 Å². The largest absolute Gasteiger partial charge is 0.472 e. The topological polar surface area (TPSA) is 224 Å². The lowest BCUT2D eigenvalue weighted by Crippen LogP contribution is -2.63. The molecule has 1 aliphatic carbocycles. The van der Waals surface area contributed by atoms with Crippen LogP contribution in [0.25, 0.3) is 11.0 Å². The van der Waals surface area contributed by atoms with Crippen molar-refractivity contribution >= 4 is 44.2 Å². The van der Waals surface area contributed by atoms with Gasteiger partial charge < -0.3 is 39.3 Å². The number of ether oxygens (including phenoxy) is 4. The lowest BCUT2D eigenvalue weighted by atomic mass is 9.70. The molecule has 4 N–H and O–H groups in total. The first-order chi connectivity index (χ1) is 34.6. The summed E-state index contributed by atoms with van der Waals surface area (Å²) in [4.78, 5) is 42.0. The molecule has 0 unspecified atom stereocenters. The van der Waals surface area contributed by atoms with E-state index in [1.807, 2.05) is 13.0 Å². The number of piperidine rings is 1. The Balaban J connectivity index is 0.937. The molecule has 1 spiro atoms. The predicted molar refractivity (Wildman–Crippen MR) is 274 cm³/mol. The van der Waals surface area contributed by atoms with Crippen molar-refractivity contribution in [2.24, 2.45) is 5.41 Å². The van der Waals surface area contributed by atoms with E-state index in [4.69, 9.17) is 18.9 Å². The minimum absolute atomic E-state index is 0.0483. The number of nitrogens with one attached hydrogen (secondary N) is 3. The van der Waals surface area contributed by atoms with Gasteiger partial charge in [0.1, 0.15) is 29.0 Å². The standard InChI is InChI=1S/C53H68N8O10S/c1-5-52(4,63)18-8-9-21-54-49-45(61(64)65)29-39(30-56-49)72(66,67)58-50(62)43-16-15-37(28-46(43)71-47-27-36-17-22-55-48(36)57-51(47)70-32-38-31-68-25-26-69-38)59-23-19-53(20-24-59)33-60(34-53)44-14-10-13-42(44)41-12-7-6-11-40(41)35(2)3/h6-7,11-12,15-17,22,27-30,35,38,42,44,63H,5,8-10,13-14,18-21,23-26,31-34H2,1-4H3,(H,54,56)(H,55,57)(H,58,62)/t38-,42+,44+,52+/m0/s1. The van der Waals surface area contributed by atoms with E-state index in [1.165, 1.54) is 36.5 Å². The molecule has 1 amide bonds. The van der Waals surface area contributed by atoms with E-state index in [2.05, 4.69) is 72.9 Å². The molecule has 386 valence electrons. The van der Waals surface area contributed by atoms with Gasteiger partial charge in [0.05, 0.1) is 42.1 Å². The second kappa shape index (κ2) is 21.7. The summed E-state index contributed by atoms with van der Waals surface area (Å²) < 4.78 is 54.1. The highest BCUT2D eigenvalue weighted by Crippen LogP contribution is 2.49. The van der Waals surface area contributed by atoms with E-state index in [-0.39, 0.29) is 46.9 Å². The van der Waals surface area contributed by atoms with Gasteiger partial charge in [-0.15, -0.1) is 0 Å². The highest BCUT2D eigenvalue weighted by atomic mass is 32.2. The van der Waals surface area contributed by atoms with Crippen molar-refractivity contribution in [2.75, 3.05) is 69.4 Å². The zero-order chi connectivity index (χ0) is 50.6. The zero-order valence-corrected chi connectivity index (χ0v) is 42.5. The number of rotatable bonds is 20. The molecule has 4 fully saturated rings. The van der Waals surface area contributed by atoms with Gasteiger partial charge in [-0.05, 0) is 111 Å². The van der Waals surface area contributed by atoms with Gasteiger partial charge in [-0.2, -0.15) is 4.98 Å². The van der Waals surface area contributed by atoms with Gasteiger partial charge in [-0.25, -0.2) is 18.1 Å². The van der Waals surface area contributed by atoms with E-state index >= 15 is 0 Å². The lowest BCUT2D eigenvalue weighted by Gasteiger charge is -2.57. The fraction of sp³-hybridized carbons (Fsp3) is 0.528. The minimum Gasteiger partial charge on any atom is -0.472 e. The van der Waals surface area contributed by atoms with Gasteiger partial charge >= 0.3 is 5.69 Å². The van der Waals surface area contributed by atoms with Crippen LogP contribution in [0.4, 0.5) is 17.2 Å². The molecule has 4 atom stereocenters. The second-order valence-corrected chi connectivity index (χ2v) is 22.3. The number of carbonyl (C=O) groups is 1. The summed E-state index contributed by atoms with van der Waals surface area (Å²) in [5, 5.41) is 26.1. The van der Waals surface area contributed by atoms with Crippen LogP contribution in [-0.2, 0) is 19.5 Å². The monoisotopic (exact) mass is 1010 g/mol. The maximum Gasteiger partial charge on any atom is 0.312 e. The molecular weight excluding hydrogens is 941 g/mol. The maximum atomic E-state index is 14.3. The number of sulfonamides is 1. The summed E-state index contributed by atoms with van der Waals surface area (Å²) in [6.07, 6.45) is 10.4. The number of hydrogen-bond acceptors (Lipinski definition) is 15. The summed E-state index contributed by atoms with van der Waals surface area (Å²) in [5.41, 5.74) is 3.05. The number of pyridine rings is 2. The maximum absolute atomic E-state index is 14.3. The van der Waals surface area contributed by atoms with Crippen LogP contribution in [0, 0.1) is 15.5 Å². The SMILES string of the molecule is CC[C@@](C)(O)CCCCNc1ncc(S(=O)(=O)NC(=O)c2ccc(N3CCC4(CC3)CN([C@@H]3CCC[C@@H]3c3ccccc3C(C)C)C4)cc2Oc2cc3cc[nH]c3nc2OC[C@@H]2COCCO2)cc1[N+](=O)[O-]. The first kappa shape index (κ1) is 51.1. The summed E-state index contributed by atoms with van der Waals surface area (Å²) in [6.45, 7) is 13.6. The van der Waals surface area contributed by atoms with Gasteiger partial charge in [-0.1, -0.05) is 51.5 Å². The molecule has 72 heavy (non-hydrogen) atoms. The lowest BCUT2D eigenvalue weighted by molar-refractivity contribution is -0.384.